The molecule has 0 rings (SSSR count). The molecule has 0 aromatic rings. The van der Waals surface area contributed by atoms with Gasteiger partial charge >= 0.3 is 12.0 Å². The second kappa shape index (κ2) is 7.68. The van der Waals surface area contributed by atoms with Crippen molar-refractivity contribution in [3.8, 4) is 0 Å². The van der Waals surface area contributed by atoms with Gasteiger partial charge in [0.2, 0.25) is 5.91 Å². The van der Waals surface area contributed by atoms with Gasteiger partial charge in [-0.1, -0.05) is 13.8 Å². The van der Waals surface area contributed by atoms with Gasteiger partial charge in [-0.25, -0.2) is 4.79 Å². The summed E-state index contributed by atoms with van der Waals surface area (Å²) in [4.78, 5) is 36.2. The van der Waals surface area contributed by atoms with Crippen LogP contribution in [0.1, 0.15) is 13.8 Å². The number of nitrogens with one attached hydrogen (secondary N) is 1. The van der Waals surface area contributed by atoms with Crippen LogP contribution in [0.4, 0.5) is 4.79 Å². The molecule has 0 aliphatic heterocycles. The molecule has 0 fully saturated rings. The van der Waals surface area contributed by atoms with Crippen molar-refractivity contribution in [3.63, 3.8) is 0 Å². The number of urea groups is 1. The highest BCUT2D eigenvalue weighted by Gasteiger charge is 2.23. The van der Waals surface area contributed by atoms with Gasteiger partial charge in [0, 0.05) is 13.1 Å². The minimum Gasteiger partial charge on any atom is -0.480 e. The summed E-state index contributed by atoms with van der Waals surface area (Å²) in [7, 11) is 3.85. The Labute approximate surface area is 118 Å². The summed E-state index contributed by atoms with van der Waals surface area (Å²) in [6.45, 7) is 4.07. The van der Waals surface area contributed by atoms with Crippen LogP contribution in [-0.4, -0.2) is 73.1 Å². The Morgan fingerprint density at radius 3 is 2.15 bits per heavy atom. The zero-order valence-electron chi connectivity index (χ0n) is 12.5. The molecule has 0 atom stereocenters. The predicted octanol–water partition coefficient (Wildman–Crippen LogP) is -0.844. The molecule has 4 N–H and O–H groups in total. The first-order chi connectivity index (χ1) is 9.03. The number of primary amides is 1. The summed E-state index contributed by atoms with van der Waals surface area (Å²) in [6, 6.07) is -0.613. The Bertz CT molecular complexity index is 352. The number of hydrogen-bond donors (Lipinski definition) is 3. The van der Waals surface area contributed by atoms with Crippen molar-refractivity contribution in [1.82, 2.24) is 15.1 Å². The molecule has 8 nitrogen and oxygen atoms in total. The number of nitrogens with zero attached hydrogens (tertiary/aromatic N) is 2. The van der Waals surface area contributed by atoms with Crippen LogP contribution in [0.3, 0.4) is 0 Å². The van der Waals surface area contributed by atoms with Crippen LogP contribution >= 0.6 is 0 Å². The topological polar surface area (TPSA) is 116 Å². The molecule has 3 amide bonds. The molecule has 0 bridgehead atoms. The molecule has 0 aromatic carbocycles. The zero-order valence-corrected chi connectivity index (χ0v) is 12.5. The third kappa shape index (κ3) is 8.30. The number of amides is 3. The number of carboxylic acids is 1. The van der Waals surface area contributed by atoms with E-state index >= 15 is 0 Å². The van der Waals surface area contributed by atoms with E-state index in [9.17, 15) is 14.4 Å². The van der Waals surface area contributed by atoms with Gasteiger partial charge < -0.3 is 26.0 Å². The molecule has 0 radical (unpaired) electrons. The fraction of sp³-hybridized carbons (Fsp3) is 0.750. The highest BCUT2D eigenvalue weighted by atomic mass is 16.4. The van der Waals surface area contributed by atoms with Crippen LogP contribution in [0.15, 0.2) is 0 Å². The molecule has 116 valence electrons. The van der Waals surface area contributed by atoms with Gasteiger partial charge in [-0.3, -0.25) is 9.59 Å². The maximum Gasteiger partial charge on any atom is 0.323 e. The summed E-state index contributed by atoms with van der Waals surface area (Å²) < 4.78 is 0. The Balaban J connectivity index is 4.52. The molecule has 0 spiro atoms. The molecule has 20 heavy (non-hydrogen) atoms. The van der Waals surface area contributed by atoms with Gasteiger partial charge in [0.25, 0.3) is 0 Å². The molecule has 0 aliphatic carbocycles. The highest BCUT2D eigenvalue weighted by Crippen LogP contribution is 2.14. The van der Waals surface area contributed by atoms with Crippen molar-refractivity contribution in [2.45, 2.75) is 13.8 Å². The van der Waals surface area contributed by atoms with Crippen LogP contribution < -0.4 is 11.1 Å². The van der Waals surface area contributed by atoms with Crippen molar-refractivity contribution in [2.24, 2.45) is 11.1 Å². The Kier molecular flexibility index (Phi) is 6.98. The van der Waals surface area contributed by atoms with Crippen LogP contribution in [-0.2, 0) is 9.59 Å². The second-order valence-corrected chi connectivity index (χ2v) is 5.78. The highest BCUT2D eigenvalue weighted by molar-refractivity contribution is 5.85. The number of carboxylic acid groups (broad SMARTS) is 1. The van der Waals surface area contributed by atoms with E-state index in [1.807, 2.05) is 32.8 Å². The standard InChI is InChI=1S/C12H24N4O4/c1-12(2,8-15(3)4)7-14-11(20)16(5-9(13)17)6-10(18)19/h5-8H2,1-4H3,(H2,13,17)(H,14,20)(H,18,19). The largest absolute Gasteiger partial charge is 0.480 e. The molecular formula is C12H24N4O4. The molecule has 0 aromatic heterocycles. The van der Waals surface area contributed by atoms with E-state index in [-0.39, 0.29) is 5.41 Å². The molecule has 0 aliphatic rings. The number of aliphatic carboxylic acids is 1. The first kappa shape index (κ1) is 18.2. The summed E-state index contributed by atoms with van der Waals surface area (Å²) in [5, 5.41) is 11.3. The minimum absolute atomic E-state index is 0.180. The second-order valence-electron chi connectivity index (χ2n) is 5.78. The smallest absolute Gasteiger partial charge is 0.323 e. The molecule has 0 heterocycles. The summed E-state index contributed by atoms with van der Waals surface area (Å²) >= 11 is 0. The number of hydrogen-bond acceptors (Lipinski definition) is 4. The molecule has 8 heteroatoms. The summed E-state index contributed by atoms with van der Waals surface area (Å²) in [5.74, 6) is -1.96. The van der Waals surface area contributed by atoms with Gasteiger partial charge in [-0.2, -0.15) is 0 Å². The van der Waals surface area contributed by atoms with Crippen molar-refractivity contribution < 1.29 is 19.5 Å². The Morgan fingerprint density at radius 2 is 1.75 bits per heavy atom. The predicted molar refractivity (Wildman–Crippen MR) is 74.1 cm³/mol. The number of nitrogens with two attached hydrogens (primary N) is 1. The average Bonchev–Trinajstić information content (AvgIpc) is 2.22. The zero-order chi connectivity index (χ0) is 15.9. The quantitative estimate of drug-likeness (QED) is 0.538. The fourth-order valence-electron chi connectivity index (χ4n) is 1.89. The van der Waals surface area contributed by atoms with E-state index in [1.54, 1.807) is 0 Å². The molecular weight excluding hydrogens is 264 g/mol. The number of rotatable bonds is 8. The number of carbonyl (C=O) groups is 3. The van der Waals surface area contributed by atoms with E-state index in [0.717, 1.165) is 11.4 Å². The SMILES string of the molecule is CN(C)CC(C)(C)CNC(=O)N(CC(N)=O)CC(=O)O. The van der Waals surface area contributed by atoms with Crippen LogP contribution in [0.2, 0.25) is 0 Å². The molecule has 0 unspecified atom stereocenters. The minimum atomic E-state index is -1.20. The lowest BCUT2D eigenvalue weighted by molar-refractivity contribution is -0.137. The maximum atomic E-state index is 11.9. The molecule has 0 saturated heterocycles. The first-order valence-electron chi connectivity index (χ1n) is 6.21. The Morgan fingerprint density at radius 1 is 1.20 bits per heavy atom. The normalized spacial score (nSPS) is 11.2. The lowest BCUT2D eigenvalue weighted by Gasteiger charge is -2.29. The van der Waals surface area contributed by atoms with E-state index in [1.165, 1.54) is 0 Å². The summed E-state index contributed by atoms with van der Waals surface area (Å²) in [5.41, 5.74) is 4.81. The van der Waals surface area contributed by atoms with E-state index in [4.69, 9.17) is 10.8 Å². The van der Waals surface area contributed by atoms with Gasteiger partial charge in [-0.05, 0) is 19.5 Å². The average molecular weight is 288 g/mol. The van der Waals surface area contributed by atoms with E-state index in [2.05, 4.69) is 5.32 Å². The van der Waals surface area contributed by atoms with Gasteiger partial charge in [0.05, 0.1) is 0 Å². The van der Waals surface area contributed by atoms with Gasteiger partial charge in [0.15, 0.2) is 0 Å². The molecule has 0 saturated carbocycles. The van der Waals surface area contributed by atoms with E-state index < -0.39 is 31.0 Å². The lowest BCUT2D eigenvalue weighted by Crippen LogP contribution is -2.49. The van der Waals surface area contributed by atoms with Crippen molar-refractivity contribution in [1.29, 1.82) is 0 Å². The van der Waals surface area contributed by atoms with Crippen LogP contribution in [0.25, 0.3) is 0 Å². The van der Waals surface area contributed by atoms with Gasteiger partial charge in [-0.15, -0.1) is 0 Å². The van der Waals surface area contributed by atoms with Gasteiger partial charge in [0.1, 0.15) is 13.1 Å². The third-order valence-electron chi connectivity index (χ3n) is 2.42. The third-order valence-corrected chi connectivity index (χ3v) is 2.42. The van der Waals surface area contributed by atoms with E-state index in [0.29, 0.717) is 6.54 Å². The van der Waals surface area contributed by atoms with Crippen LogP contribution in [0, 0.1) is 5.41 Å². The Hall–Kier alpha value is -1.83. The fourth-order valence-corrected chi connectivity index (χ4v) is 1.89. The van der Waals surface area contributed by atoms with Crippen molar-refractivity contribution >= 4 is 17.9 Å². The maximum absolute atomic E-state index is 11.9. The first-order valence-corrected chi connectivity index (χ1v) is 6.21. The summed E-state index contributed by atoms with van der Waals surface area (Å²) in [6.07, 6.45) is 0. The number of carbonyl (C=O) groups excluding carboxylic acids is 2. The monoisotopic (exact) mass is 288 g/mol. The van der Waals surface area contributed by atoms with Crippen LogP contribution in [0.5, 0.6) is 0 Å². The lowest BCUT2D eigenvalue weighted by atomic mass is 9.93. The van der Waals surface area contributed by atoms with Crippen molar-refractivity contribution in [3.05, 3.63) is 0 Å². The van der Waals surface area contributed by atoms with Crippen molar-refractivity contribution in [2.75, 3.05) is 40.3 Å².